The van der Waals surface area contributed by atoms with E-state index in [9.17, 15) is 4.79 Å². The number of hydrogen-bond acceptors (Lipinski definition) is 5. The minimum absolute atomic E-state index is 0.184. The number of carbonyl (C=O) groups excluding carboxylic acids is 1. The van der Waals surface area contributed by atoms with E-state index in [1.165, 1.54) is 5.56 Å². The molecule has 3 aromatic rings. The molecule has 0 aromatic heterocycles. The molecule has 1 aliphatic heterocycles. The Morgan fingerprint density at radius 1 is 0.838 bits per heavy atom. The lowest BCUT2D eigenvalue weighted by molar-refractivity contribution is -0.159. The Bertz CT molecular complexity index is 1150. The number of aliphatic carboxylic acids is 2. The number of methoxy groups -OCH3 is 1. The number of rotatable bonds is 6. The summed E-state index contributed by atoms with van der Waals surface area (Å²) in [5.41, 5.74) is 3.33. The summed E-state index contributed by atoms with van der Waals surface area (Å²) in [6, 6.07) is 26.4. The molecule has 37 heavy (non-hydrogen) atoms. The first kappa shape index (κ1) is 27.9. The predicted molar refractivity (Wildman–Crippen MR) is 143 cm³/mol. The van der Waals surface area contributed by atoms with Crippen LogP contribution in [0.2, 0.25) is 0 Å². The Morgan fingerprint density at radius 3 is 1.78 bits per heavy atom. The molecular formula is C28H29BrN2O6. The van der Waals surface area contributed by atoms with Crippen molar-refractivity contribution in [1.29, 1.82) is 0 Å². The number of hydrogen-bond donors (Lipinski definition) is 2. The first-order chi connectivity index (χ1) is 17.8. The third kappa shape index (κ3) is 7.90. The van der Waals surface area contributed by atoms with Gasteiger partial charge in [-0.05, 0) is 44.8 Å². The van der Waals surface area contributed by atoms with Crippen LogP contribution in [0.4, 0.5) is 0 Å². The van der Waals surface area contributed by atoms with Crippen LogP contribution in [0, 0.1) is 0 Å². The number of halogens is 1. The van der Waals surface area contributed by atoms with Crippen molar-refractivity contribution in [2.24, 2.45) is 0 Å². The SMILES string of the molecule is COc1ccc(CN2CCN(C(=O)C(c3ccccc3)c3ccccc3)CC2)cc1Br.O=C(O)C(=O)O. The van der Waals surface area contributed by atoms with Gasteiger partial charge >= 0.3 is 11.9 Å². The largest absolute Gasteiger partial charge is 0.496 e. The third-order valence-corrected chi connectivity index (χ3v) is 6.62. The number of carboxylic acids is 2. The molecule has 3 aromatic carbocycles. The van der Waals surface area contributed by atoms with Gasteiger partial charge in [-0.3, -0.25) is 9.69 Å². The van der Waals surface area contributed by atoms with Gasteiger partial charge in [-0.25, -0.2) is 9.59 Å². The van der Waals surface area contributed by atoms with Gasteiger partial charge in [0, 0.05) is 32.7 Å². The summed E-state index contributed by atoms with van der Waals surface area (Å²) in [7, 11) is 1.67. The second-order valence-corrected chi connectivity index (χ2v) is 9.29. The first-order valence-electron chi connectivity index (χ1n) is 11.7. The highest BCUT2D eigenvalue weighted by atomic mass is 79.9. The van der Waals surface area contributed by atoms with Crippen LogP contribution in [-0.4, -0.2) is 71.1 Å². The van der Waals surface area contributed by atoms with Crippen LogP contribution in [0.1, 0.15) is 22.6 Å². The summed E-state index contributed by atoms with van der Waals surface area (Å²) in [6.45, 7) is 4.08. The van der Waals surface area contributed by atoms with Gasteiger partial charge in [0.05, 0.1) is 17.5 Å². The zero-order valence-corrected chi connectivity index (χ0v) is 22.0. The molecule has 2 N–H and O–H groups in total. The number of piperazine rings is 1. The monoisotopic (exact) mass is 568 g/mol. The van der Waals surface area contributed by atoms with E-state index < -0.39 is 11.9 Å². The van der Waals surface area contributed by atoms with E-state index in [4.69, 9.17) is 24.5 Å². The Labute approximate surface area is 224 Å². The van der Waals surface area contributed by atoms with Crippen LogP contribution in [0.25, 0.3) is 0 Å². The Hall–Kier alpha value is -3.69. The molecule has 1 fully saturated rings. The molecule has 0 bridgehead atoms. The van der Waals surface area contributed by atoms with Gasteiger partial charge in [0.15, 0.2) is 0 Å². The maximum Gasteiger partial charge on any atom is 0.414 e. The highest BCUT2D eigenvalue weighted by Crippen LogP contribution is 2.28. The summed E-state index contributed by atoms with van der Waals surface area (Å²) in [4.78, 5) is 36.2. The maximum absolute atomic E-state index is 13.6. The zero-order valence-electron chi connectivity index (χ0n) is 20.4. The van der Waals surface area contributed by atoms with Gasteiger partial charge in [0.2, 0.25) is 5.91 Å². The summed E-state index contributed by atoms with van der Waals surface area (Å²) in [5, 5.41) is 14.8. The van der Waals surface area contributed by atoms with E-state index in [1.54, 1.807) is 7.11 Å². The quantitative estimate of drug-likeness (QED) is 0.431. The van der Waals surface area contributed by atoms with E-state index in [1.807, 2.05) is 71.6 Å². The van der Waals surface area contributed by atoms with Gasteiger partial charge in [0.1, 0.15) is 5.75 Å². The molecule has 194 valence electrons. The molecule has 4 rings (SSSR count). The lowest BCUT2D eigenvalue weighted by Gasteiger charge is -2.36. The normalized spacial score (nSPS) is 13.4. The van der Waals surface area contributed by atoms with E-state index in [2.05, 4.69) is 33.0 Å². The molecule has 1 amide bonds. The Morgan fingerprint density at radius 2 is 1.35 bits per heavy atom. The average Bonchev–Trinajstić information content (AvgIpc) is 2.91. The van der Waals surface area contributed by atoms with Crippen molar-refractivity contribution in [2.45, 2.75) is 12.5 Å². The minimum atomic E-state index is -1.82. The van der Waals surface area contributed by atoms with Gasteiger partial charge in [-0.15, -0.1) is 0 Å². The van der Waals surface area contributed by atoms with E-state index in [0.717, 1.165) is 54.1 Å². The molecule has 1 saturated heterocycles. The van der Waals surface area contributed by atoms with Crippen molar-refractivity contribution in [1.82, 2.24) is 9.80 Å². The lowest BCUT2D eigenvalue weighted by atomic mass is 9.90. The first-order valence-corrected chi connectivity index (χ1v) is 12.5. The number of nitrogens with zero attached hydrogens (tertiary/aromatic N) is 2. The molecule has 1 aliphatic rings. The second kappa shape index (κ2) is 13.6. The fraction of sp³-hybridized carbons (Fsp3) is 0.250. The minimum Gasteiger partial charge on any atom is -0.496 e. The van der Waals surface area contributed by atoms with Gasteiger partial charge in [-0.1, -0.05) is 66.7 Å². The number of benzene rings is 3. The summed E-state index contributed by atoms with van der Waals surface area (Å²) >= 11 is 3.56. The molecule has 0 radical (unpaired) electrons. The molecule has 0 aliphatic carbocycles. The number of amides is 1. The van der Waals surface area contributed by atoms with Gasteiger partial charge in [-0.2, -0.15) is 0 Å². The Balaban J connectivity index is 0.000000568. The van der Waals surface area contributed by atoms with Crippen molar-refractivity contribution in [3.8, 4) is 5.75 Å². The highest BCUT2D eigenvalue weighted by Gasteiger charge is 2.29. The average molecular weight is 569 g/mol. The number of carbonyl (C=O) groups is 3. The van der Waals surface area contributed by atoms with Crippen molar-refractivity contribution in [3.05, 3.63) is 100 Å². The molecule has 0 unspecified atom stereocenters. The molecule has 0 spiro atoms. The second-order valence-electron chi connectivity index (χ2n) is 8.44. The van der Waals surface area contributed by atoms with Crippen LogP contribution < -0.4 is 4.74 Å². The molecule has 9 heteroatoms. The van der Waals surface area contributed by atoms with Crippen LogP contribution in [0.5, 0.6) is 5.75 Å². The van der Waals surface area contributed by atoms with Crippen molar-refractivity contribution < 1.29 is 29.3 Å². The summed E-state index contributed by atoms with van der Waals surface area (Å²) < 4.78 is 6.29. The molecular weight excluding hydrogens is 540 g/mol. The van der Waals surface area contributed by atoms with E-state index >= 15 is 0 Å². The van der Waals surface area contributed by atoms with Crippen molar-refractivity contribution >= 4 is 33.8 Å². The molecule has 0 saturated carbocycles. The zero-order chi connectivity index (χ0) is 26.8. The Kier molecular flexibility index (Phi) is 10.2. The van der Waals surface area contributed by atoms with Crippen LogP contribution in [0.15, 0.2) is 83.3 Å². The van der Waals surface area contributed by atoms with Crippen molar-refractivity contribution in [3.63, 3.8) is 0 Å². The smallest absolute Gasteiger partial charge is 0.414 e. The lowest BCUT2D eigenvalue weighted by Crippen LogP contribution is -2.49. The standard InChI is InChI=1S/C26H27BrN2O2.C2H2O4/c1-31-24-13-12-20(18-23(24)27)19-28-14-16-29(17-15-28)26(30)25(21-8-4-2-5-9-21)22-10-6-3-7-11-22;3-1(4)2(5)6/h2-13,18,25H,14-17,19H2,1H3;(H,3,4)(H,5,6). The number of carboxylic acid groups (broad SMARTS) is 2. The van der Waals surface area contributed by atoms with E-state index in [0.29, 0.717) is 0 Å². The topological polar surface area (TPSA) is 107 Å². The predicted octanol–water partition coefficient (Wildman–Crippen LogP) is 4.09. The van der Waals surface area contributed by atoms with E-state index in [-0.39, 0.29) is 11.8 Å². The maximum atomic E-state index is 13.6. The van der Waals surface area contributed by atoms with Crippen molar-refractivity contribution in [2.75, 3.05) is 33.3 Å². The van der Waals surface area contributed by atoms with Crippen LogP contribution >= 0.6 is 15.9 Å². The van der Waals surface area contributed by atoms with Crippen LogP contribution in [0.3, 0.4) is 0 Å². The number of ether oxygens (including phenoxy) is 1. The third-order valence-electron chi connectivity index (χ3n) is 6.00. The fourth-order valence-electron chi connectivity index (χ4n) is 4.14. The fourth-order valence-corrected chi connectivity index (χ4v) is 4.73. The molecule has 0 atom stereocenters. The highest BCUT2D eigenvalue weighted by molar-refractivity contribution is 9.10. The van der Waals surface area contributed by atoms with Crippen LogP contribution in [-0.2, 0) is 20.9 Å². The summed E-state index contributed by atoms with van der Waals surface area (Å²) in [5.74, 6) is -2.88. The molecule has 8 nitrogen and oxygen atoms in total. The van der Waals surface area contributed by atoms with Gasteiger partial charge < -0.3 is 19.8 Å². The molecule has 1 heterocycles. The summed E-state index contributed by atoms with van der Waals surface area (Å²) in [6.07, 6.45) is 0. The van der Waals surface area contributed by atoms with Gasteiger partial charge in [0.25, 0.3) is 0 Å².